The highest BCUT2D eigenvalue weighted by Crippen LogP contribution is 2.14. The molecule has 0 aromatic rings. The van der Waals surface area contributed by atoms with Gasteiger partial charge in [-0.1, -0.05) is 6.92 Å². The predicted molar refractivity (Wildman–Crippen MR) is 70.3 cm³/mol. The second-order valence-electron chi connectivity index (χ2n) is 4.99. The highest BCUT2D eigenvalue weighted by molar-refractivity contribution is 5.79. The topological polar surface area (TPSA) is 70.6 Å². The lowest BCUT2D eigenvalue weighted by molar-refractivity contribution is -0.125. The molecule has 0 aromatic carbocycles. The Morgan fingerprint density at radius 3 is 2.89 bits per heavy atom. The van der Waals surface area contributed by atoms with Gasteiger partial charge in [-0.05, 0) is 32.7 Å². The highest BCUT2D eigenvalue weighted by atomic mass is 16.5. The molecule has 1 heterocycles. The Morgan fingerprint density at radius 2 is 2.22 bits per heavy atom. The van der Waals surface area contributed by atoms with E-state index in [1.54, 1.807) is 6.92 Å². The summed E-state index contributed by atoms with van der Waals surface area (Å²) >= 11 is 0. The highest BCUT2D eigenvalue weighted by Gasteiger charge is 2.33. The van der Waals surface area contributed by atoms with Gasteiger partial charge in [0, 0.05) is 12.6 Å². The van der Waals surface area contributed by atoms with Crippen molar-refractivity contribution in [1.82, 2.24) is 10.6 Å². The molecule has 0 bridgehead atoms. The number of aliphatic hydroxyl groups is 1. The fraction of sp³-hybridized carbons (Fsp3) is 0.923. The van der Waals surface area contributed by atoms with Crippen molar-refractivity contribution in [2.45, 2.75) is 45.3 Å². The summed E-state index contributed by atoms with van der Waals surface area (Å²) in [5.74, 6) is -0.0187. The summed E-state index contributed by atoms with van der Waals surface area (Å²) in [7, 11) is 0. The second-order valence-corrected chi connectivity index (χ2v) is 4.99. The summed E-state index contributed by atoms with van der Waals surface area (Å²) in [4.78, 5) is 12.0. The third-order valence-electron chi connectivity index (χ3n) is 3.17. The molecular formula is C13H26N2O3. The van der Waals surface area contributed by atoms with E-state index in [0.717, 1.165) is 25.8 Å². The van der Waals surface area contributed by atoms with Crippen molar-refractivity contribution in [2.24, 2.45) is 5.92 Å². The van der Waals surface area contributed by atoms with E-state index in [1.165, 1.54) is 0 Å². The number of ether oxygens (including phenoxy) is 1. The zero-order valence-corrected chi connectivity index (χ0v) is 11.4. The number of hydrogen-bond donors (Lipinski definition) is 3. The molecule has 1 aliphatic rings. The van der Waals surface area contributed by atoms with Crippen molar-refractivity contribution in [3.8, 4) is 0 Å². The standard InChI is InChI=1S/C13H26N2O3/c1-3-6-14-12-9-18-8-11(12)13(17)15-7-4-5-10(2)16/h10-12,14,16H,3-9H2,1-2H3,(H,15,17). The Bertz CT molecular complexity index is 246. The zero-order chi connectivity index (χ0) is 13.4. The van der Waals surface area contributed by atoms with E-state index >= 15 is 0 Å². The Hall–Kier alpha value is -0.650. The van der Waals surface area contributed by atoms with Gasteiger partial charge in [-0.25, -0.2) is 0 Å². The van der Waals surface area contributed by atoms with Gasteiger partial charge in [0.25, 0.3) is 0 Å². The van der Waals surface area contributed by atoms with Gasteiger partial charge in [0.15, 0.2) is 0 Å². The molecule has 0 spiro atoms. The lowest BCUT2D eigenvalue weighted by atomic mass is 10.0. The van der Waals surface area contributed by atoms with Crippen molar-refractivity contribution < 1.29 is 14.6 Å². The van der Waals surface area contributed by atoms with Crippen LogP contribution in [0.2, 0.25) is 0 Å². The van der Waals surface area contributed by atoms with Crippen LogP contribution in [0.1, 0.15) is 33.1 Å². The predicted octanol–water partition coefficient (Wildman–Crippen LogP) is 0.278. The molecule has 1 saturated heterocycles. The molecule has 0 saturated carbocycles. The maximum Gasteiger partial charge on any atom is 0.227 e. The molecule has 5 nitrogen and oxygen atoms in total. The maximum absolute atomic E-state index is 12.0. The Kier molecular flexibility index (Phi) is 7.23. The quantitative estimate of drug-likeness (QED) is 0.547. The SMILES string of the molecule is CCCNC1COCC1C(=O)NCCCC(C)O. The van der Waals surface area contributed by atoms with E-state index < -0.39 is 0 Å². The smallest absolute Gasteiger partial charge is 0.227 e. The Morgan fingerprint density at radius 1 is 1.44 bits per heavy atom. The first kappa shape index (κ1) is 15.4. The third kappa shape index (κ3) is 5.33. The zero-order valence-electron chi connectivity index (χ0n) is 11.4. The fourth-order valence-electron chi connectivity index (χ4n) is 2.08. The van der Waals surface area contributed by atoms with Crippen LogP contribution < -0.4 is 10.6 Å². The van der Waals surface area contributed by atoms with Crippen LogP contribution in [0.25, 0.3) is 0 Å². The second kappa shape index (κ2) is 8.45. The van der Waals surface area contributed by atoms with E-state index in [2.05, 4.69) is 17.6 Å². The van der Waals surface area contributed by atoms with Crippen LogP contribution in [0.15, 0.2) is 0 Å². The largest absolute Gasteiger partial charge is 0.393 e. The van der Waals surface area contributed by atoms with Crippen LogP contribution >= 0.6 is 0 Å². The molecular weight excluding hydrogens is 232 g/mol. The van der Waals surface area contributed by atoms with Crippen molar-refractivity contribution in [3.63, 3.8) is 0 Å². The number of hydrogen-bond acceptors (Lipinski definition) is 4. The molecule has 1 rings (SSSR count). The molecule has 106 valence electrons. The molecule has 3 unspecified atom stereocenters. The number of nitrogens with one attached hydrogen (secondary N) is 2. The van der Waals surface area contributed by atoms with E-state index in [-0.39, 0.29) is 24.0 Å². The first-order valence-corrected chi connectivity index (χ1v) is 6.92. The minimum atomic E-state index is -0.296. The summed E-state index contributed by atoms with van der Waals surface area (Å²) in [5.41, 5.74) is 0. The maximum atomic E-state index is 12.0. The molecule has 0 aliphatic carbocycles. The number of carbonyl (C=O) groups excluding carboxylic acids is 1. The molecule has 0 radical (unpaired) electrons. The summed E-state index contributed by atoms with van der Waals surface area (Å²) in [6.07, 6.45) is 2.29. The lowest BCUT2D eigenvalue weighted by Crippen LogP contribution is -2.44. The number of aliphatic hydroxyl groups excluding tert-OH is 1. The molecule has 3 atom stereocenters. The normalized spacial score (nSPS) is 25.1. The van der Waals surface area contributed by atoms with Crippen LogP contribution in [0.5, 0.6) is 0 Å². The van der Waals surface area contributed by atoms with Crippen LogP contribution in [0.4, 0.5) is 0 Å². The van der Waals surface area contributed by atoms with Gasteiger partial charge in [0.1, 0.15) is 0 Å². The van der Waals surface area contributed by atoms with Gasteiger partial charge in [-0.3, -0.25) is 4.79 Å². The molecule has 1 amide bonds. The van der Waals surface area contributed by atoms with E-state index in [9.17, 15) is 4.79 Å². The molecule has 1 fully saturated rings. The first-order valence-electron chi connectivity index (χ1n) is 6.92. The molecule has 1 aliphatic heterocycles. The fourth-order valence-corrected chi connectivity index (χ4v) is 2.08. The molecule has 5 heteroatoms. The Labute approximate surface area is 109 Å². The Balaban J connectivity index is 2.22. The number of carbonyl (C=O) groups is 1. The van der Waals surface area contributed by atoms with E-state index in [0.29, 0.717) is 19.8 Å². The van der Waals surface area contributed by atoms with Crippen molar-refractivity contribution in [1.29, 1.82) is 0 Å². The minimum Gasteiger partial charge on any atom is -0.393 e. The summed E-state index contributed by atoms with van der Waals surface area (Å²) in [5, 5.41) is 15.4. The summed E-state index contributed by atoms with van der Waals surface area (Å²) in [6.45, 7) is 6.53. The van der Waals surface area contributed by atoms with Crippen LogP contribution in [-0.2, 0) is 9.53 Å². The number of rotatable bonds is 8. The third-order valence-corrected chi connectivity index (χ3v) is 3.17. The average molecular weight is 258 g/mol. The monoisotopic (exact) mass is 258 g/mol. The number of amides is 1. The first-order chi connectivity index (χ1) is 8.65. The molecule has 3 N–H and O–H groups in total. The lowest BCUT2D eigenvalue weighted by Gasteiger charge is -2.18. The van der Waals surface area contributed by atoms with Gasteiger partial charge in [0.05, 0.1) is 25.2 Å². The summed E-state index contributed by atoms with van der Waals surface area (Å²) < 4.78 is 5.37. The average Bonchev–Trinajstić information content (AvgIpc) is 2.79. The van der Waals surface area contributed by atoms with Crippen LogP contribution in [0.3, 0.4) is 0 Å². The van der Waals surface area contributed by atoms with Gasteiger partial charge in [-0.2, -0.15) is 0 Å². The van der Waals surface area contributed by atoms with Gasteiger partial charge >= 0.3 is 0 Å². The van der Waals surface area contributed by atoms with Gasteiger partial charge < -0.3 is 20.5 Å². The molecule has 18 heavy (non-hydrogen) atoms. The summed E-state index contributed by atoms with van der Waals surface area (Å²) in [6, 6.07) is 0.140. The van der Waals surface area contributed by atoms with Crippen LogP contribution in [-0.4, -0.2) is 49.5 Å². The van der Waals surface area contributed by atoms with Crippen molar-refractivity contribution >= 4 is 5.91 Å². The van der Waals surface area contributed by atoms with E-state index in [1.807, 2.05) is 0 Å². The van der Waals surface area contributed by atoms with Crippen LogP contribution in [0, 0.1) is 5.92 Å². The van der Waals surface area contributed by atoms with Gasteiger partial charge in [-0.15, -0.1) is 0 Å². The molecule has 0 aromatic heterocycles. The van der Waals surface area contributed by atoms with Crippen molar-refractivity contribution in [2.75, 3.05) is 26.3 Å². The van der Waals surface area contributed by atoms with E-state index in [4.69, 9.17) is 9.84 Å². The van der Waals surface area contributed by atoms with Gasteiger partial charge in [0.2, 0.25) is 5.91 Å². The van der Waals surface area contributed by atoms with Crippen molar-refractivity contribution in [3.05, 3.63) is 0 Å². The minimum absolute atomic E-state index is 0.0618.